The fourth-order valence-electron chi connectivity index (χ4n) is 3.55. The maximum absolute atomic E-state index is 12.5. The first kappa shape index (κ1) is 19.3. The van der Waals surface area contributed by atoms with Gasteiger partial charge in [0.2, 0.25) is 5.91 Å². The minimum absolute atomic E-state index is 0.0337. The molecule has 2 heterocycles. The van der Waals surface area contributed by atoms with E-state index in [1.54, 1.807) is 9.69 Å². The van der Waals surface area contributed by atoms with Crippen molar-refractivity contribution in [3.8, 4) is 5.69 Å². The number of aromatic nitrogens is 3. The summed E-state index contributed by atoms with van der Waals surface area (Å²) in [6.07, 6.45) is 0.947. The van der Waals surface area contributed by atoms with Gasteiger partial charge in [0.05, 0.1) is 23.1 Å². The molecule has 0 radical (unpaired) electrons. The first-order chi connectivity index (χ1) is 14.0. The Balaban J connectivity index is 1.70. The number of rotatable bonds is 4. The Hall–Kier alpha value is -2.99. The van der Waals surface area contributed by atoms with Crippen molar-refractivity contribution < 1.29 is 4.79 Å². The molecule has 148 valence electrons. The number of aryl methyl sites for hydroxylation is 1. The molecule has 7 heteroatoms. The largest absolute Gasteiger partial charge is 0.273 e. The number of nitrogens with zero attached hydrogens (tertiary/aromatic N) is 5. The molecule has 29 heavy (non-hydrogen) atoms. The second kappa shape index (κ2) is 7.79. The molecule has 0 aliphatic carbocycles. The van der Waals surface area contributed by atoms with Crippen molar-refractivity contribution in [2.45, 2.75) is 39.7 Å². The molecule has 2 aromatic carbocycles. The average Bonchev–Trinajstić information content (AvgIpc) is 3.32. The number of carbonyl (C=O) groups is 1. The summed E-state index contributed by atoms with van der Waals surface area (Å²) in [6, 6.07) is 15.5. The molecule has 4 rings (SSSR count). The van der Waals surface area contributed by atoms with Crippen LogP contribution in [0.3, 0.4) is 0 Å². The van der Waals surface area contributed by atoms with E-state index in [0.29, 0.717) is 23.6 Å². The first-order valence-corrected chi connectivity index (χ1v) is 10.0. The summed E-state index contributed by atoms with van der Waals surface area (Å²) < 4.78 is 1.80. The van der Waals surface area contributed by atoms with E-state index in [4.69, 9.17) is 11.6 Å². The summed E-state index contributed by atoms with van der Waals surface area (Å²) in [5.41, 5.74) is 5.45. The lowest BCUT2D eigenvalue weighted by atomic mass is 10.00. The Labute approximate surface area is 174 Å². The summed E-state index contributed by atoms with van der Waals surface area (Å²) in [7, 11) is 0. The van der Waals surface area contributed by atoms with E-state index in [0.717, 1.165) is 22.7 Å². The Bertz CT molecular complexity index is 1090. The van der Waals surface area contributed by atoms with Gasteiger partial charge < -0.3 is 0 Å². The predicted molar refractivity (Wildman–Crippen MR) is 113 cm³/mol. The quantitative estimate of drug-likeness (QED) is 0.633. The van der Waals surface area contributed by atoms with Crippen LogP contribution >= 0.6 is 11.6 Å². The van der Waals surface area contributed by atoms with Gasteiger partial charge in [-0.05, 0) is 43.7 Å². The first-order valence-electron chi connectivity index (χ1n) is 9.62. The molecule has 0 saturated heterocycles. The highest BCUT2D eigenvalue weighted by Gasteiger charge is 2.34. The Morgan fingerprint density at radius 1 is 1.17 bits per heavy atom. The van der Waals surface area contributed by atoms with E-state index in [2.05, 4.69) is 15.4 Å². The van der Waals surface area contributed by atoms with E-state index in [9.17, 15) is 4.79 Å². The van der Waals surface area contributed by atoms with Crippen LogP contribution in [0.1, 0.15) is 48.3 Å². The number of halogens is 1. The molecule has 1 aromatic heterocycles. The zero-order chi connectivity index (χ0) is 20.5. The predicted octanol–water partition coefficient (Wildman–Crippen LogP) is 4.63. The molecule has 0 bridgehead atoms. The van der Waals surface area contributed by atoms with Gasteiger partial charge in [0.1, 0.15) is 5.69 Å². The highest BCUT2D eigenvalue weighted by Crippen LogP contribution is 2.34. The Morgan fingerprint density at radius 3 is 2.62 bits per heavy atom. The van der Waals surface area contributed by atoms with E-state index in [-0.39, 0.29) is 11.9 Å². The second-order valence-electron chi connectivity index (χ2n) is 7.18. The molecule has 1 unspecified atom stereocenters. The molecular weight excluding hydrogens is 386 g/mol. The highest BCUT2D eigenvalue weighted by atomic mass is 35.5. The van der Waals surface area contributed by atoms with Crippen LogP contribution in [0.25, 0.3) is 5.69 Å². The van der Waals surface area contributed by atoms with Gasteiger partial charge in [0.15, 0.2) is 0 Å². The van der Waals surface area contributed by atoms with Crippen molar-refractivity contribution in [3.05, 3.63) is 76.1 Å². The van der Waals surface area contributed by atoms with Crippen molar-refractivity contribution in [3.63, 3.8) is 0 Å². The van der Waals surface area contributed by atoms with Crippen LogP contribution < -0.4 is 0 Å². The molecule has 1 atom stereocenters. The fraction of sp³-hybridized carbons (Fsp3) is 0.273. The lowest BCUT2D eigenvalue weighted by Gasteiger charge is -2.21. The zero-order valence-corrected chi connectivity index (χ0v) is 17.4. The van der Waals surface area contributed by atoms with Crippen LogP contribution in [0, 0.1) is 13.8 Å². The maximum Gasteiger partial charge on any atom is 0.242 e. The number of amides is 1. The zero-order valence-electron chi connectivity index (χ0n) is 16.6. The van der Waals surface area contributed by atoms with Gasteiger partial charge in [-0.1, -0.05) is 53.6 Å². The lowest BCUT2D eigenvalue weighted by molar-refractivity contribution is -0.132. The summed E-state index contributed by atoms with van der Waals surface area (Å²) in [4.78, 5) is 12.5. The smallest absolute Gasteiger partial charge is 0.242 e. The number of benzene rings is 2. The molecule has 6 nitrogen and oxygen atoms in total. The van der Waals surface area contributed by atoms with E-state index >= 15 is 0 Å². The van der Waals surface area contributed by atoms with Gasteiger partial charge in [-0.25, -0.2) is 9.69 Å². The van der Waals surface area contributed by atoms with Gasteiger partial charge in [-0.2, -0.15) is 5.10 Å². The SMILES string of the molecule is CCC(=O)N1N=C(c2nnn(-c3ccc(C)cc3)c2C)CC1c1cccc(Cl)c1. The van der Waals surface area contributed by atoms with Crippen LogP contribution in [0.2, 0.25) is 5.02 Å². The van der Waals surface area contributed by atoms with Gasteiger partial charge in [0, 0.05) is 17.9 Å². The Morgan fingerprint density at radius 2 is 1.93 bits per heavy atom. The molecule has 0 spiro atoms. The summed E-state index contributed by atoms with van der Waals surface area (Å²) in [5.74, 6) is -0.0337. The third-order valence-corrected chi connectivity index (χ3v) is 5.38. The van der Waals surface area contributed by atoms with Crippen LogP contribution in [0.5, 0.6) is 0 Å². The molecule has 1 aliphatic heterocycles. The monoisotopic (exact) mass is 407 g/mol. The summed E-state index contributed by atoms with van der Waals surface area (Å²) >= 11 is 6.18. The summed E-state index contributed by atoms with van der Waals surface area (Å²) in [6.45, 7) is 5.85. The second-order valence-corrected chi connectivity index (χ2v) is 7.62. The highest BCUT2D eigenvalue weighted by molar-refractivity contribution is 6.30. The van der Waals surface area contributed by atoms with E-state index in [1.165, 1.54) is 5.56 Å². The van der Waals surface area contributed by atoms with Crippen molar-refractivity contribution in [1.82, 2.24) is 20.0 Å². The molecule has 0 fully saturated rings. The molecule has 1 aliphatic rings. The third kappa shape index (κ3) is 3.68. The van der Waals surface area contributed by atoms with Crippen LogP contribution in [0.15, 0.2) is 53.6 Å². The maximum atomic E-state index is 12.5. The van der Waals surface area contributed by atoms with Crippen LogP contribution in [-0.4, -0.2) is 31.6 Å². The molecular formula is C22H22ClN5O. The lowest BCUT2D eigenvalue weighted by Crippen LogP contribution is -2.26. The van der Waals surface area contributed by atoms with Gasteiger partial charge >= 0.3 is 0 Å². The fourth-order valence-corrected chi connectivity index (χ4v) is 3.74. The summed E-state index contributed by atoms with van der Waals surface area (Å²) in [5, 5.41) is 15.5. The molecule has 1 amide bonds. The van der Waals surface area contributed by atoms with Crippen molar-refractivity contribution in [2.75, 3.05) is 0 Å². The standard InChI is InChI=1S/C22H22ClN5O/c1-4-21(29)28-20(16-6-5-7-17(23)12-16)13-19(25-28)22-15(3)27(26-24-22)18-10-8-14(2)9-11-18/h5-12,20H,4,13H2,1-3H3. The van der Waals surface area contributed by atoms with Crippen molar-refractivity contribution in [1.29, 1.82) is 0 Å². The van der Waals surface area contributed by atoms with Crippen molar-refractivity contribution >= 4 is 23.2 Å². The topological polar surface area (TPSA) is 63.4 Å². The van der Waals surface area contributed by atoms with Gasteiger partial charge in [-0.15, -0.1) is 5.10 Å². The minimum Gasteiger partial charge on any atom is -0.273 e. The number of hydrazone groups is 1. The normalized spacial score (nSPS) is 16.2. The molecule has 0 N–H and O–H groups in total. The third-order valence-electron chi connectivity index (χ3n) is 5.15. The molecule has 3 aromatic rings. The van der Waals surface area contributed by atoms with Gasteiger partial charge in [-0.3, -0.25) is 4.79 Å². The van der Waals surface area contributed by atoms with Crippen LogP contribution in [-0.2, 0) is 4.79 Å². The molecule has 0 saturated carbocycles. The van der Waals surface area contributed by atoms with E-state index in [1.807, 2.05) is 69.3 Å². The van der Waals surface area contributed by atoms with Crippen LogP contribution in [0.4, 0.5) is 0 Å². The average molecular weight is 408 g/mol. The van der Waals surface area contributed by atoms with Crippen molar-refractivity contribution in [2.24, 2.45) is 5.10 Å². The van der Waals surface area contributed by atoms with E-state index < -0.39 is 0 Å². The minimum atomic E-state index is -0.194. The van der Waals surface area contributed by atoms with Gasteiger partial charge in [0.25, 0.3) is 0 Å². The number of carbonyl (C=O) groups excluding carboxylic acids is 1. The number of hydrogen-bond donors (Lipinski definition) is 0. The Kier molecular flexibility index (Phi) is 5.20. The number of hydrogen-bond acceptors (Lipinski definition) is 4.